The van der Waals surface area contributed by atoms with Crippen molar-refractivity contribution < 1.29 is 4.39 Å². The molecule has 2 heterocycles. The highest BCUT2D eigenvalue weighted by Gasteiger charge is 2.18. The minimum absolute atomic E-state index is 0.257. The number of nitrogens with one attached hydrogen (secondary N) is 1. The lowest BCUT2D eigenvalue weighted by Crippen LogP contribution is -2.12. The fourth-order valence-electron chi connectivity index (χ4n) is 2.47. The molecule has 0 aliphatic heterocycles. The van der Waals surface area contributed by atoms with E-state index >= 15 is 0 Å². The van der Waals surface area contributed by atoms with Crippen LogP contribution >= 0.6 is 0 Å². The molecule has 1 N–H and O–H groups in total. The van der Waals surface area contributed by atoms with Gasteiger partial charge >= 0.3 is 0 Å². The maximum absolute atomic E-state index is 13.3. The van der Waals surface area contributed by atoms with Crippen LogP contribution in [0.1, 0.15) is 19.4 Å². The molecule has 1 aromatic carbocycles. The van der Waals surface area contributed by atoms with Crippen molar-refractivity contribution in [2.75, 3.05) is 0 Å². The van der Waals surface area contributed by atoms with Gasteiger partial charge in [0.25, 0.3) is 5.56 Å². The van der Waals surface area contributed by atoms with Crippen LogP contribution in [0.15, 0.2) is 52.6 Å². The Kier molecular flexibility index (Phi) is 3.42. The second kappa shape index (κ2) is 5.30. The molecule has 3 aromatic rings. The molecule has 0 saturated heterocycles. The van der Waals surface area contributed by atoms with E-state index in [2.05, 4.69) is 15.0 Å². The van der Waals surface area contributed by atoms with Gasteiger partial charge in [-0.25, -0.2) is 4.39 Å². The van der Waals surface area contributed by atoms with Gasteiger partial charge in [0.15, 0.2) is 0 Å². The molecular formula is C16H14FN5O. The van der Waals surface area contributed by atoms with Crippen LogP contribution in [-0.2, 0) is 5.54 Å². The highest BCUT2D eigenvalue weighted by molar-refractivity contribution is 5.61. The van der Waals surface area contributed by atoms with Crippen molar-refractivity contribution in [1.29, 1.82) is 0 Å². The van der Waals surface area contributed by atoms with E-state index in [0.29, 0.717) is 5.69 Å². The molecule has 0 spiro atoms. The molecule has 23 heavy (non-hydrogen) atoms. The molecule has 0 aliphatic carbocycles. The fraction of sp³-hybridized carbons (Fsp3) is 0.188. The molecule has 116 valence electrons. The van der Waals surface area contributed by atoms with E-state index in [9.17, 15) is 9.18 Å². The number of aromatic nitrogens is 2. The molecule has 0 bridgehead atoms. The van der Waals surface area contributed by atoms with Crippen LogP contribution in [0.2, 0.25) is 0 Å². The van der Waals surface area contributed by atoms with Gasteiger partial charge in [-0.2, -0.15) is 0 Å². The summed E-state index contributed by atoms with van der Waals surface area (Å²) in [7, 11) is 0. The zero-order valence-electron chi connectivity index (χ0n) is 12.6. The Morgan fingerprint density at radius 1 is 1.26 bits per heavy atom. The molecule has 0 amide bonds. The zero-order valence-corrected chi connectivity index (χ0v) is 12.6. The highest BCUT2D eigenvalue weighted by atomic mass is 19.1. The third-order valence-electron chi connectivity index (χ3n) is 3.76. The first-order valence-electron chi connectivity index (χ1n) is 6.98. The number of hydrogen-bond donors (Lipinski definition) is 1. The number of rotatable bonds is 3. The first-order valence-corrected chi connectivity index (χ1v) is 6.98. The summed E-state index contributed by atoms with van der Waals surface area (Å²) in [6.07, 6.45) is 2.92. The van der Waals surface area contributed by atoms with Crippen molar-refractivity contribution in [1.82, 2.24) is 9.38 Å². The molecule has 0 atom stereocenters. The maximum Gasteiger partial charge on any atom is 0.272 e. The Morgan fingerprint density at radius 2 is 1.96 bits per heavy atom. The normalized spacial score (nSPS) is 11.4. The number of benzene rings is 1. The number of aromatic amines is 1. The SMILES string of the molecule is CC(C)(N=[N+]=[N-])c1ccc(-c2cn3cc(F)cc3c(=O)[nH]2)cc1. The standard InChI is InChI=1S/C16H14FN5O/c1-16(2,20-21-18)11-5-3-10(4-6-11)13-9-22-8-12(17)7-14(22)15(23)19-13/h3-9H,1-2H3,(H,19,23). The van der Waals surface area contributed by atoms with E-state index in [1.807, 2.05) is 38.1 Å². The lowest BCUT2D eigenvalue weighted by molar-refractivity contribution is 0.550. The van der Waals surface area contributed by atoms with E-state index < -0.39 is 11.4 Å². The molecule has 0 unspecified atom stereocenters. The van der Waals surface area contributed by atoms with Crippen LogP contribution in [0, 0.1) is 5.82 Å². The summed E-state index contributed by atoms with van der Waals surface area (Å²) in [5.74, 6) is -0.459. The van der Waals surface area contributed by atoms with Crippen molar-refractivity contribution in [3.63, 3.8) is 0 Å². The summed E-state index contributed by atoms with van der Waals surface area (Å²) < 4.78 is 14.7. The second-order valence-electron chi connectivity index (χ2n) is 5.77. The lowest BCUT2D eigenvalue weighted by atomic mass is 9.94. The zero-order chi connectivity index (χ0) is 16.6. The van der Waals surface area contributed by atoms with Crippen molar-refractivity contribution >= 4 is 5.52 Å². The van der Waals surface area contributed by atoms with Gasteiger partial charge in [0.2, 0.25) is 0 Å². The van der Waals surface area contributed by atoms with E-state index in [4.69, 9.17) is 5.53 Å². The van der Waals surface area contributed by atoms with Gasteiger partial charge in [-0.05, 0) is 16.7 Å². The second-order valence-corrected chi connectivity index (χ2v) is 5.77. The van der Waals surface area contributed by atoms with Crippen molar-refractivity contribution in [2.24, 2.45) is 5.11 Å². The average Bonchev–Trinajstić information content (AvgIpc) is 2.88. The quantitative estimate of drug-likeness (QED) is 0.443. The third kappa shape index (κ3) is 2.69. The van der Waals surface area contributed by atoms with Crippen LogP contribution in [0.3, 0.4) is 0 Å². The molecule has 0 radical (unpaired) electrons. The number of halogens is 1. The predicted molar refractivity (Wildman–Crippen MR) is 85.6 cm³/mol. The molecule has 2 aromatic heterocycles. The Balaban J connectivity index is 2.06. The summed E-state index contributed by atoms with van der Waals surface area (Å²) in [6.45, 7) is 3.64. The van der Waals surface area contributed by atoms with Gasteiger partial charge in [-0.3, -0.25) is 4.79 Å². The van der Waals surface area contributed by atoms with E-state index in [1.165, 1.54) is 16.7 Å². The van der Waals surface area contributed by atoms with Crippen molar-refractivity contribution in [3.8, 4) is 11.3 Å². The Hall–Kier alpha value is -3.05. The van der Waals surface area contributed by atoms with Crippen LogP contribution < -0.4 is 5.56 Å². The number of hydrogen-bond acceptors (Lipinski definition) is 2. The number of H-pyrrole nitrogens is 1. The van der Waals surface area contributed by atoms with Crippen LogP contribution in [0.5, 0.6) is 0 Å². The average molecular weight is 311 g/mol. The number of azide groups is 1. The third-order valence-corrected chi connectivity index (χ3v) is 3.76. The topological polar surface area (TPSA) is 86.0 Å². The molecule has 7 heteroatoms. The minimum Gasteiger partial charge on any atom is -0.319 e. The largest absolute Gasteiger partial charge is 0.319 e. The van der Waals surface area contributed by atoms with Gasteiger partial charge in [0.1, 0.15) is 11.3 Å². The van der Waals surface area contributed by atoms with Crippen LogP contribution in [0.25, 0.3) is 27.2 Å². The van der Waals surface area contributed by atoms with Gasteiger partial charge in [0.05, 0.1) is 11.2 Å². The van der Waals surface area contributed by atoms with Gasteiger partial charge in [-0.15, -0.1) is 0 Å². The fourth-order valence-corrected chi connectivity index (χ4v) is 2.47. The maximum atomic E-state index is 13.3. The first kappa shape index (κ1) is 14.9. The summed E-state index contributed by atoms with van der Waals surface area (Å²) in [5, 5.41) is 3.76. The highest BCUT2D eigenvalue weighted by Crippen LogP contribution is 2.27. The Morgan fingerprint density at radius 3 is 2.61 bits per heavy atom. The predicted octanol–water partition coefficient (Wildman–Crippen LogP) is 3.98. The Bertz CT molecular complexity index is 978. The number of fused-ring (bicyclic) bond motifs is 1. The summed E-state index contributed by atoms with van der Waals surface area (Å²) in [5.41, 5.74) is 10.1. The summed E-state index contributed by atoms with van der Waals surface area (Å²) >= 11 is 0. The van der Waals surface area contributed by atoms with Crippen LogP contribution in [-0.4, -0.2) is 9.38 Å². The molecule has 0 saturated carbocycles. The van der Waals surface area contributed by atoms with Crippen molar-refractivity contribution in [2.45, 2.75) is 19.4 Å². The summed E-state index contributed by atoms with van der Waals surface area (Å²) in [4.78, 5) is 17.6. The van der Waals surface area contributed by atoms with Crippen molar-refractivity contribution in [3.05, 3.63) is 74.9 Å². The van der Waals surface area contributed by atoms with Gasteiger partial charge < -0.3 is 9.38 Å². The molecular weight excluding hydrogens is 297 g/mol. The summed E-state index contributed by atoms with van der Waals surface area (Å²) in [6, 6.07) is 8.50. The Labute approximate surface area is 130 Å². The molecule has 6 nitrogen and oxygen atoms in total. The minimum atomic E-state index is -0.659. The lowest BCUT2D eigenvalue weighted by Gasteiger charge is -2.18. The monoisotopic (exact) mass is 311 g/mol. The van der Waals surface area contributed by atoms with Gasteiger partial charge in [-0.1, -0.05) is 43.2 Å². The van der Waals surface area contributed by atoms with Gasteiger partial charge in [0, 0.05) is 23.4 Å². The molecule has 3 rings (SSSR count). The molecule has 0 fully saturated rings. The van der Waals surface area contributed by atoms with E-state index in [1.54, 1.807) is 6.20 Å². The smallest absolute Gasteiger partial charge is 0.272 e. The molecule has 0 aliphatic rings. The van der Waals surface area contributed by atoms with Crippen LogP contribution in [0.4, 0.5) is 4.39 Å². The van der Waals surface area contributed by atoms with E-state index in [-0.39, 0.29) is 11.1 Å². The first-order chi connectivity index (χ1) is 10.9. The van der Waals surface area contributed by atoms with E-state index in [0.717, 1.165) is 11.1 Å². The number of nitrogens with zero attached hydrogens (tertiary/aromatic N) is 4.